The average Bonchev–Trinajstić information content (AvgIpc) is 2.70. The molecule has 0 unspecified atom stereocenters. The lowest BCUT2D eigenvalue weighted by Gasteiger charge is -2.04. The smallest absolute Gasteiger partial charge is 0.207 e. The zero-order chi connectivity index (χ0) is 13.5. The highest BCUT2D eigenvalue weighted by Gasteiger charge is 2.06. The van der Waals surface area contributed by atoms with Crippen molar-refractivity contribution in [3.8, 4) is 6.07 Å². The number of rotatable bonds is 4. The molecule has 0 aromatic heterocycles. The molecule has 0 fully saturated rings. The minimum Gasteiger partial charge on any atom is -0.355 e. The van der Waals surface area contributed by atoms with Crippen molar-refractivity contribution in [2.45, 2.75) is 6.42 Å². The van der Waals surface area contributed by atoms with Crippen molar-refractivity contribution in [2.75, 3.05) is 6.54 Å². The number of hydrogen-bond donors (Lipinski definition) is 1. The standard InChI is InChI=1S/C16H14N2O/c17-10-15-5-1-2-7-16(15)14-6-3-4-13(8-9-14)11-18-12-19/h1-2,4-9,12H,3,11H2,(H,18,19). The van der Waals surface area contributed by atoms with Crippen LogP contribution in [0.1, 0.15) is 17.5 Å². The van der Waals surface area contributed by atoms with Gasteiger partial charge in [-0.2, -0.15) is 5.26 Å². The summed E-state index contributed by atoms with van der Waals surface area (Å²) in [5.41, 5.74) is 3.72. The molecule has 1 aliphatic rings. The molecule has 1 amide bonds. The van der Waals surface area contributed by atoms with Gasteiger partial charge in [0.15, 0.2) is 0 Å². The maximum absolute atomic E-state index is 10.3. The van der Waals surface area contributed by atoms with Gasteiger partial charge in [0, 0.05) is 6.54 Å². The molecule has 19 heavy (non-hydrogen) atoms. The molecular weight excluding hydrogens is 236 g/mol. The Labute approximate surface area is 112 Å². The summed E-state index contributed by atoms with van der Waals surface area (Å²) in [6.07, 6.45) is 9.59. The molecule has 94 valence electrons. The Kier molecular flexibility index (Phi) is 4.30. The molecule has 0 atom stereocenters. The molecule has 3 nitrogen and oxygen atoms in total. The van der Waals surface area contributed by atoms with Crippen LogP contribution in [0, 0.1) is 11.3 Å². The van der Waals surface area contributed by atoms with Crippen molar-refractivity contribution in [1.82, 2.24) is 5.32 Å². The number of amides is 1. The van der Waals surface area contributed by atoms with Crippen LogP contribution in [-0.4, -0.2) is 13.0 Å². The predicted octanol–water partition coefficient (Wildman–Crippen LogP) is 2.57. The third-order valence-electron chi connectivity index (χ3n) is 2.94. The van der Waals surface area contributed by atoms with Crippen LogP contribution in [0.25, 0.3) is 5.57 Å². The van der Waals surface area contributed by atoms with Crippen molar-refractivity contribution in [3.05, 3.63) is 65.3 Å². The zero-order valence-electron chi connectivity index (χ0n) is 10.5. The Morgan fingerprint density at radius 3 is 2.89 bits per heavy atom. The van der Waals surface area contributed by atoms with E-state index >= 15 is 0 Å². The Bertz CT molecular complexity index is 603. The molecular formula is C16H14N2O. The minimum atomic E-state index is 0.529. The van der Waals surface area contributed by atoms with Crippen LogP contribution in [0.3, 0.4) is 0 Å². The Balaban J connectivity index is 2.22. The number of hydrogen-bond acceptors (Lipinski definition) is 2. The van der Waals surface area contributed by atoms with E-state index in [1.54, 1.807) is 0 Å². The summed E-state index contributed by atoms with van der Waals surface area (Å²) >= 11 is 0. The van der Waals surface area contributed by atoms with Crippen LogP contribution >= 0.6 is 0 Å². The quantitative estimate of drug-likeness (QED) is 0.835. The van der Waals surface area contributed by atoms with Gasteiger partial charge in [0.2, 0.25) is 6.41 Å². The van der Waals surface area contributed by atoms with E-state index in [-0.39, 0.29) is 0 Å². The van der Waals surface area contributed by atoms with E-state index in [0.29, 0.717) is 18.5 Å². The van der Waals surface area contributed by atoms with E-state index < -0.39 is 0 Å². The van der Waals surface area contributed by atoms with Crippen molar-refractivity contribution in [2.24, 2.45) is 0 Å². The summed E-state index contributed by atoms with van der Waals surface area (Å²) in [5.74, 6) is 0. The van der Waals surface area contributed by atoms with Gasteiger partial charge in [0.1, 0.15) is 0 Å². The zero-order valence-corrected chi connectivity index (χ0v) is 10.5. The lowest BCUT2D eigenvalue weighted by Crippen LogP contribution is -2.13. The Morgan fingerprint density at radius 1 is 1.26 bits per heavy atom. The van der Waals surface area contributed by atoms with Gasteiger partial charge in [0.25, 0.3) is 0 Å². The van der Waals surface area contributed by atoms with Crippen LogP contribution in [0.15, 0.2) is 54.1 Å². The number of nitrogens with one attached hydrogen (secondary N) is 1. The molecule has 1 aliphatic carbocycles. The maximum Gasteiger partial charge on any atom is 0.207 e. The number of allylic oxidation sites excluding steroid dienone is 4. The van der Waals surface area contributed by atoms with Gasteiger partial charge >= 0.3 is 0 Å². The fourth-order valence-electron chi connectivity index (χ4n) is 1.99. The summed E-state index contributed by atoms with van der Waals surface area (Å²) in [6, 6.07) is 9.76. The van der Waals surface area contributed by atoms with Crippen molar-refractivity contribution in [1.29, 1.82) is 5.26 Å². The molecule has 1 N–H and O–H groups in total. The number of nitriles is 1. The third-order valence-corrected chi connectivity index (χ3v) is 2.94. The largest absolute Gasteiger partial charge is 0.355 e. The molecule has 0 saturated heterocycles. The molecule has 1 aromatic carbocycles. The summed E-state index contributed by atoms with van der Waals surface area (Å²) in [5, 5.41) is 11.8. The van der Waals surface area contributed by atoms with Crippen LogP contribution < -0.4 is 5.32 Å². The average molecular weight is 250 g/mol. The Morgan fingerprint density at radius 2 is 2.11 bits per heavy atom. The molecule has 0 aliphatic heterocycles. The highest BCUT2D eigenvalue weighted by Crippen LogP contribution is 2.23. The van der Waals surface area contributed by atoms with Gasteiger partial charge < -0.3 is 5.32 Å². The summed E-state index contributed by atoms with van der Waals surface area (Å²) in [7, 11) is 0. The van der Waals surface area contributed by atoms with Crippen LogP contribution in [0.5, 0.6) is 0 Å². The lowest BCUT2D eigenvalue weighted by molar-refractivity contribution is -0.109. The number of carbonyl (C=O) groups is 1. The topological polar surface area (TPSA) is 52.9 Å². The van der Waals surface area contributed by atoms with E-state index in [0.717, 1.165) is 23.1 Å². The lowest BCUT2D eigenvalue weighted by atomic mass is 9.99. The van der Waals surface area contributed by atoms with Crippen LogP contribution in [0.4, 0.5) is 0 Å². The fraction of sp³-hybridized carbons (Fsp3) is 0.125. The first-order valence-corrected chi connectivity index (χ1v) is 6.09. The van der Waals surface area contributed by atoms with E-state index in [4.69, 9.17) is 5.26 Å². The summed E-state index contributed by atoms with van der Waals surface area (Å²) in [6.45, 7) is 0.529. The summed E-state index contributed by atoms with van der Waals surface area (Å²) in [4.78, 5) is 10.3. The number of benzene rings is 1. The molecule has 2 rings (SSSR count). The van der Waals surface area contributed by atoms with Crippen molar-refractivity contribution >= 4 is 12.0 Å². The number of carbonyl (C=O) groups excluding carboxylic acids is 1. The van der Waals surface area contributed by atoms with E-state index in [1.807, 2.05) is 36.4 Å². The first-order chi connectivity index (χ1) is 9.35. The van der Waals surface area contributed by atoms with E-state index in [9.17, 15) is 4.79 Å². The molecule has 0 saturated carbocycles. The van der Waals surface area contributed by atoms with Gasteiger partial charge in [0.05, 0.1) is 11.6 Å². The molecule has 0 radical (unpaired) electrons. The maximum atomic E-state index is 10.3. The highest BCUT2D eigenvalue weighted by molar-refractivity contribution is 5.78. The monoisotopic (exact) mass is 250 g/mol. The fourth-order valence-corrected chi connectivity index (χ4v) is 1.99. The van der Waals surface area contributed by atoms with E-state index in [1.165, 1.54) is 0 Å². The van der Waals surface area contributed by atoms with Crippen molar-refractivity contribution in [3.63, 3.8) is 0 Å². The molecule has 0 spiro atoms. The van der Waals surface area contributed by atoms with Crippen LogP contribution in [0.2, 0.25) is 0 Å². The second kappa shape index (κ2) is 6.36. The van der Waals surface area contributed by atoms with Gasteiger partial charge in [-0.3, -0.25) is 4.79 Å². The second-order valence-electron chi connectivity index (χ2n) is 4.16. The first-order valence-electron chi connectivity index (χ1n) is 6.09. The molecule has 0 heterocycles. The normalized spacial score (nSPS) is 13.8. The summed E-state index contributed by atoms with van der Waals surface area (Å²) < 4.78 is 0. The molecule has 0 bridgehead atoms. The Hall–Kier alpha value is -2.60. The number of nitrogens with zero attached hydrogens (tertiary/aromatic N) is 1. The first kappa shape index (κ1) is 12.8. The van der Waals surface area contributed by atoms with Crippen LogP contribution in [-0.2, 0) is 4.79 Å². The molecule has 1 aromatic rings. The van der Waals surface area contributed by atoms with E-state index in [2.05, 4.69) is 23.5 Å². The molecule has 3 heteroatoms. The SMILES string of the molecule is N#Cc1ccccc1C1=CCC=C(CNC=O)C=C1. The van der Waals surface area contributed by atoms with Crippen molar-refractivity contribution < 1.29 is 4.79 Å². The third kappa shape index (κ3) is 3.20. The van der Waals surface area contributed by atoms with Gasteiger partial charge in [-0.15, -0.1) is 0 Å². The van der Waals surface area contributed by atoms with Gasteiger partial charge in [-0.25, -0.2) is 0 Å². The second-order valence-corrected chi connectivity index (χ2v) is 4.16. The van der Waals surface area contributed by atoms with Gasteiger partial charge in [-0.05, 0) is 29.2 Å². The highest BCUT2D eigenvalue weighted by atomic mass is 16.1. The van der Waals surface area contributed by atoms with Gasteiger partial charge in [-0.1, -0.05) is 42.5 Å². The minimum absolute atomic E-state index is 0.529. The predicted molar refractivity (Wildman–Crippen MR) is 75.0 cm³/mol.